The number of carboxylic acids is 1. The number of hydrogen-bond acceptors (Lipinski definition) is 5. The summed E-state index contributed by atoms with van der Waals surface area (Å²) in [6.45, 7) is 0. The van der Waals surface area contributed by atoms with Crippen molar-refractivity contribution in [1.82, 2.24) is 0 Å². The Morgan fingerprint density at radius 2 is 2.10 bits per heavy atom. The lowest BCUT2D eigenvalue weighted by molar-refractivity contribution is -0.236. The maximum Gasteiger partial charge on any atom is 0.359 e. The maximum atomic E-state index is 10.2. The summed E-state index contributed by atoms with van der Waals surface area (Å²) in [6.07, 6.45) is -0.556. The zero-order chi connectivity index (χ0) is 8.15. The third kappa shape index (κ3) is 3.00. The second-order valence-electron chi connectivity index (χ2n) is 1.61. The first-order valence-corrected chi connectivity index (χ1v) is 2.40. The van der Waals surface area contributed by atoms with Crippen LogP contribution in [-0.4, -0.2) is 28.3 Å². The van der Waals surface area contributed by atoms with E-state index < -0.39 is 24.4 Å². The van der Waals surface area contributed by atoms with E-state index in [-0.39, 0.29) is 0 Å². The van der Waals surface area contributed by atoms with Gasteiger partial charge in [-0.3, -0.25) is 9.68 Å². The van der Waals surface area contributed by atoms with Gasteiger partial charge in [-0.1, -0.05) is 0 Å². The molecule has 0 aliphatic carbocycles. The van der Waals surface area contributed by atoms with E-state index in [4.69, 9.17) is 16.1 Å². The third-order valence-corrected chi connectivity index (χ3v) is 0.787. The second kappa shape index (κ2) is 3.80. The van der Waals surface area contributed by atoms with Gasteiger partial charge in [0.15, 0.2) is 0 Å². The Balaban J connectivity index is 3.72. The van der Waals surface area contributed by atoms with Crippen LogP contribution in [0.4, 0.5) is 0 Å². The van der Waals surface area contributed by atoms with Crippen LogP contribution < -0.4 is 5.73 Å². The van der Waals surface area contributed by atoms with Crippen LogP contribution in [0.2, 0.25) is 0 Å². The topological polar surface area (TPSA) is 110 Å². The molecular weight excluding hydrogens is 142 g/mol. The van der Waals surface area contributed by atoms with E-state index in [9.17, 15) is 9.59 Å². The molecule has 0 radical (unpaired) electrons. The average Bonchev–Trinajstić information content (AvgIpc) is 1.85. The maximum absolute atomic E-state index is 10.2. The van der Waals surface area contributed by atoms with Gasteiger partial charge < -0.3 is 10.8 Å². The van der Waals surface area contributed by atoms with E-state index in [2.05, 4.69) is 4.89 Å². The van der Waals surface area contributed by atoms with Crippen molar-refractivity contribution in [2.24, 2.45) is 5.73 Å². The monoisotopic (exact) mass is 149 g/mol. The molecule has 0 bridgehead atoms. The minimum atomic E-state index is -1.30. The minimum Gasteiger partial charge on any atom is -0.481 e. The fourth-order valence-electron chi connectivity index (χ4n) is 0.339. The highest BCUT2D eigenvalue weighted by Gasteiger charge is 2.18. The molecule has 6 nitrogen and oxygen atoms in total. The Labute approximate surface area is 56.1 Å². The Kier molecular flexibility index (Phi) is 3.37. The summed E-state index contributed by atoms with van der Waals surface area (Å²) in [5.41, 5.74) is 4.91. The van der Waals surface area contributed by atoms with Crippen LogP contribution >= 0.6 is 0 Å². The molecule has 58 valence electrons. The predicted molar refractivity (Wildman–Crippen MR) is 28.9 cm³/mol. The van der Waals surface area contributed by atoms with Gasteiger partial charge in [0.25, 0.3) is 0 Å². The molecule has 0 heterocycles. The van der Waals surface area contributed by atoms with Crippen molar-refractivity contribution in [3.05, 3.63) is 0 Å². The van der Waals surface area contributed by atoms with E-state index in [1.165, 1.54) is 0 Å². The standard InChI is InChI=1S/C4H7NO5/c5-2(1-3(6)7)4(8)10-9/h2,9H,1,5H2,(H,6,7). The van der Waals surface area contributed by atoms with Gasteiger partial charge in [-0.25, -0.2) is 4.79 Å². The van der Waals surface area contributed by atoms with Gasteiger partial charge in [-0.2, -0.15) is 5.26 Å². The summed E-state index contributed by atoms with van der Waals surface area (Å²) in [5, 5.41) is 15.8. The predicted octanol–water partition coefficient (Wildman–Crippen LogP) is -1.20. The Hall–Kier alpha value is -1.14. The lowest BCUT2D eigenvalue weighted by Gasteiger charge is -2.01. The quantitative estimate of drug-likeness (QED) is 0.343. The number of carbonyl (C=O) groups is 2. The average molecular weight is 149 g/mol. The number of hydrogen-bond donors (Lipinski definition) is 3. The molecule has 0 aromatic rings. The Morgan fingerprint density at radius 1 is 1.60 bits per heavy atom. The smallest absolute Gasteiger partial charge is 0.359 e. The molecule has 0 saturated carbocycles. The summed E-state index contributed by atoms with van der Waals surface area (Å²) < 4.78 is 0. The molecule has 4 N–H and O–H groups in total. The van der Waals surface area contributed by atoms with Crippen molar-refractivity contribution in [3.8, 4) is 0 Å². The van der Waals surface area contributed by atoms with E-state index in [1.807, 2.05) is 0 Å². The first kappa shape index (κ1) is 8.86. The fourth-order valence-corrected chi connectivity index (χ4v) is 0.339. The largest absolute Gasteiger partial charge is 0.481 e. The number of nitrogens with two attached hydrogens (primary N) is 1. The van der Waals surface area contributed by atoms with Crippen molar-refractivity contribution < 1.29 is 24.8 Å². The van der Waals surface area contributed by atoms with Crippen LogP contribution in [-0.2, 0) is 14.5 Å². The van der Waals surface area contributed by atoms with Crippen LogP contribution in [0.1, 0.15) is 6.42 Å². The van der Waals surface area contributed by atoms with E-state index >= 15 is 0 Å². The van der Waals surface area contributed by atoms with Crippen molar-refractivity contribution in [2.45, 2.75) is 12.5 Å². The van der Waals surface area contributed by atoms with Gasteiger partial charge in [0.05, 0.1) is 6.42 Å². The number of carbonyl (C=O) groups excluding carboxylic acids is 1. The van der Waals surface area contributed by atoms with Crippen LogP contribution in [0.5, 0.6) is 0 Å². The molecule has 0 spiro atoms. The van der Waals surface area contributed by atoms with Gasteiger partial charge in [0.2, 0.25) is 0 Å². The molecule has 0 aliphatic heterocycles. The zero-order valence-corrected chi connectivity index (χ0v) is 4.98. The molecular formula is C4H7NO5. The minimum absolute atomic E-state index is 0.556. The van der Waals surface area contributed by atoms with Crippen LogP contribution in [0.3, 0.4) is 0 Å². The molecule has 0 amide bonds. The first-order valence-electron chi connectivity index (χ1n) is 2.40. The molecule has 0 aliphatic rings. The molecule has 0 aromatic heterocycles. The lowest BCUT2D eigenvalue weighted by atomic mass is 10.2. The summed E-state index contributed by atoms with van der Waals surface area (Å²) in [6, 6.07) is -1.30. The molecule has 0 aromatic carbocycles. The van der Waals surface area contributed by atoms with Crippen molar-refractivity contribution in [2.75, 3.05) is 0 Å². The molecule has 0 rings (SSSR count). The number of aliphatic carboxylic acids is 1. The van der Waals surface area contributed by atoms with Gasteiger partial charge in [0.1, 0.15) is 6.04 Å². The molecule has 0 fully saturated rings. The molecule has 1 unspecified atom stereocenters. The molecule has 10 heavy (non-hydrogen) atoms. The third-order valence-electron chi connectivity index (χ3n) is 0.787. The van der Waals surface area contributed by atoms with Gasteiger partial charge in [-0.15, -0.1) is 0 Å². The molecule has 6 heteroatoms. The molecule has 1 atom stereocenters. The van der Waals surface area contributed by atoms with E-state index in [0.717, 1.165) is 0 Å². The fraction of sp³-hybridized carbons (Fsp3) is 0.500. The Bertz CT molecular complexity index is 145. The van der Waals surface area contributed by atoms with Crippen molar-refractivity contribution in [1.29, 1.82) is 0 Å². The highest BCUT2D eigenvalue weighted by molar-refractivity contribution is 5.81. The summed E-state index contributed by atoms with van der Waals surface area (Å²) in [7, 11) is 0. The molecule has 0 saturated heterocycles. The SMILES string of the molecule is NC(CC(=O)O)C(=O)OO. The van der Waals surface area contributed by atoms with Crippen molar-refractivity contribution >= 4 is 11.9 Å². The first-order chi connectivity index (χ1) is 4.57. The van der Waals surface area contributed by atoms with Gasteiger partial charge >= 0.3 is 11.9 Å². The number of rotatable bonds is 3. The summed E-state index contributed by atoms with van der Waals surface area (Å²) >= 11 is 0. The summed E-state index contributed by atoms with van der Waals surface area (Å²) in [4.78, 5) is 23.2. The highest BCUT2D eigenvalue weighted by atomic mass is 17.1. The normalized spacial score (nSPS) is 12.2. The van der Waals surface area contributed by atoms with Crippen LogP contribution in [0.25, 0.3) is 0 Å². The van der Waals surface area contributed by atoms with Gasteiger partial charge in [0, 0.05) is 0 Å². The van der Waals surface area contributed by atoms with Crippen LogP contribution in [0, 0.1) is 0 Å². The second-order valence-corrected chi connectivity index (χ2v) is 1.61. The van der Waals surface area contributed by atoms with Crippen LogP contribution in [0.15, 0.2) is 0 Å². The Morgan fingerprint density at radius 3 is 2.40 bits per heavy atom. The summed E-state index contributed by atoms with van der Waals surface area (Å²) in [5.74, 6) is -2.37. The highest BCUT2D eigenvalue weighted by Crippen LogP contribution is 1.89. The zero-order valence-electron chi connectivity index (χ0n) is 4.98. The number of carboxylic acid groups (broad SMARTS) is 1. The lowest BCUT2D eigenvalue weighted by Crippen LogP contribution is -2.33. The van der Waals surface area contributed by atoms with E-state index in [0.29, 0.717) is 0 Å². The van der Waals surface area contributed by atoms with Gasteiger partial charge in [-0.05, 0) is 0 Å². The van der Waals surface area contributed by atoms with Crippen molar-refractivity contribution in [3.63, 3.8) is 0 Å². The van der Waals surface area contributed by atoms with E-state index in [1.54, 1.807) is 0 Å².